The summed E-state index contributed by atoms with van der Waals surface area (Å²) in [5, 5.41) is 18.3. The van der Waals surface area contributed by atoms with Gasteiger partial charge in [-0.25, -0.2) is 10.6 Å². The van der Waals surface area contributed by atoms with Gasteiger partial charge in [0.2, 0.25) is 5.90 Å². The van der Waals surface area contributed by atoms with Crippen molar-refractivity contribution in [3.8, 4) is 5.75 Å². The second-order valence-corrected chi connectivity index (χ2v) is 6.06. The van der Waals surface area contributed by atoms with Gasteiger partial charge in [-0.05, 0) is 61.4 Å². The Kier molecular flexibility index (Phi) is 7.93. The van der Waals surface area contributed by atoms with Crippen LogP contribution in [0.4, 0.5) is 10.5 Å². The second kappa shape index (κ2) is 10.6. The summed E-state index contributed by atoms with van der Waals surface area (Å²) in [4.78, 5) is 11.5. The fraction of sp³-hybridized carbons (Fsp3) is 0.190. The van der Waals surface area contributed by atoms with E-state index in [9.17, 15) is 4.79 Å². The van der Waals surface area contributed by atoms with Crippen molar-refractivity contribution >= 4 is 23.3 Å². The number of urea groups is 1. The predicted molar refractivity (Wildman–Crippen MR) is 114 cm³/mol. The van der Waals surface area contributed by atoms with E-state index in [1.165, 1.54) is 12.2 Å². The standard InChI is InChI=1S/C21H25N5O3/c1-3-28-20(23)12-11-18(22)15-7-9-16(10-8-15)29-13-17-14(2)5-4-6-19(17)25-21(27)26-24/h4-12,22-23H,3,13,24H2,1-2H3,(H2,25,26,27)/b12-11-,22-18?,23-20?. The summed E-state index contributed by atoms with van der Waals surface area (Å²) in [5.74, 6) is 5.78. The Morgan fingerprint density at radius 3 is 2.52 bits per heavy atom. The molecule has 0 aliphatic carbocycles. The highest BCUT2D eigenvalue weighted by Crippen LogP contribution is 2.22. The molecule has 0 aliphatic rings. The maximum Gasteiger partial charge on any atom is 0.333 e. The summed E-state index contributed by atoms with van der Waals surface area (Å²) >= 11 is 0. The number of nitrogens with one attached hydrogen (secondary N) is 4. The minimum atomic E-state index is -0.509. The van der Waals surface area contributed by atoms with Gasteiger partial charge in [-0.2, -0.15) is 0 Å². The van der Waals surface area contributed by atoms with E-state index < -0.39 is 6.03 Å². The maximum absolute atomic E-state index is 11.5. The van der Waals surface area contributed by atoms with Gasteiger partial charge in [-0.1, -0.05) is 12.1 Å². The van der Waals surface area contributed by atoms with Crippen LogP contribution in [-0.4, -0.2) is 24.2 Å². The third-order valence-corrected chi connectivity index (χ3v) is 4.04. The summed E-state index contributed by atoms with van der Waals surface area (Å²) in [6.45, 7) is 4.41. The van der Waals surface area contributed by atoms with Gasteiger partial charge in [0, 0.05) is 17.3 Å². The highest BCUT2D eigenvalue weighted by molar-refractivity contribution is 6.09. The van der Waals surface area contributed by atoms with E-state index in [1.54, 1.807) is 37.3 Å². The topological polar surface area (TPSA) is 133 Å². The molecule has 0 saturated heterocycles. The van der Waals surface area contributed by atoms with Crippen molar-refractivity contribution in [1.29, 1.82) is 10.8 Å². The zero-order valence-electron chi connectivity index (χ0n) is 16.4. The lowest BCUT2D eigenvalue weighted by Gasteiger charge is -2.14. The van der Waals surface area contributed by atoms with Crippen molar-refractivity contribution < 1.29 is 14.3 Å². The van der Waals surface area contributed by atoms with Gasteiger partial charge in [0.15, 0.2) is 0 Å². The van der Waals surface area contributed by atoms with Gasteiger partial charge in [0.05, 0.1) is 12.3 Å². The molecular weight excluding hydrogens is 370 g/mol. The number of ether oxygens (including phenoxy) is 2. The zero-order chi connectivity index (χ0) is 21.2. The molecule has 0 bridgehead atoms. The van der Waals surface area contributed by atoms with Gasteiger partial charge in [-0.3, -0.25) is 10.8 Å². The van der Waals surface area contributed by atoms with Crippen LogP contribution in [0.2, 0.25) is 0 Å². The molecule has 0 aliphatic heterocycles. The molecule has 6 N–H and O–H groups in total. The first-order valence-electron chi connectivity index (χ1n) is 9.02. The van der Waals surface area contributed by atoms with Gasteiger partial charge in [0.25, 0.3) is 0 Å². The smallest absolute Gasteiger partial charge is 0.333 e. The molecule has 0 spiro atoms. The van der Waals surface area contributed by atoms with E-state index in [-0.39, 0.29) is 18.2 Å². The summed E-state index contributed by atoms with van der Waals surface area (Å²) < 4.78 is 10.9. The lowest BCUT2D eigenvalue weighted by molar-refractivity contribution is 0.252. The van der Waals surface area contributed by atoms with Crippen molar-refractivity contribution in [3.63, 3.8) is 0 Å². The molecule has 0 heterocycles. The number of anilines is 1. The quantitative estimate of drug-likeness (QED) is 0.154. The number of carbonyl (C=O) groups excluding carboxylic acids is 1. The minimum absolute atomic E-state index is 0.0168. The lowest BCUT2D eigenvalue weighted by atomic mass is 10.1. The number of hydrogen-bond donors (Lipinski definition) is 5. The van der Waals surface area contributed by atoms with Crippen LogP contribution in [0.3, 0.4) is 0 Å². The highest BCUT2D eigenvalue weighted by Gasteiger charge is 2.09. The maximum atomic E-state index is 11.5. The summed E-state index contributed by atoms with van der Waals surface area (Å²) in [6.07, 6.45) is 2.96. The van der Waals surface area contributed by atoms with Crippen molar-refractivity contribution in [1.82, 2.24) is 5.43 Å². The van der Waals surface area contributed by atoms with E-state index >= 15 is 0 Å². The summed E-state index contributed by atoms with van der Waals surface area (Å²) in [5.41, 5.74) is 5.42. The van der Waals surface area contributed by atoms with Gasteiger partial charge < -0.3 is 20.2 Å². The Morgan fingerprint density at radius 1 is 1.14 bits per heavy atom. The van der Waals surface area contributed by atoms with Crippen molar-refractivity contribution in [2.75, 3.05) is 11.9 Å². The first-order chi connectivity index (χ1) is 13.9. The van der Waals surface area contributed by atoms with Crippen LogP contribution in [-0.2, 0) is 11.3 Å². The number of rotatable bonds is 8. The van der Waals surface area contributed by atoms with Crippen molar-refractivity contribution in [3.05, 3.63) is 71.3 Å². The number of hydrogen-bond acceptors (Lipinski definition) is 6. The number of nitrogens with two attached hydrogens (primary N) is 1. The highest BCUT2D eigenvalue weighted by atomic mass is 16.5. The molecule has 0 atom stereocenters. The second-order valence-electron chi connectivity index (χ2n) is 6.06. The number of hydrazine groups is 1. The average Bonchev–Trinajstić information content (AvgIpc) is 2.72. The number of amides is 2. The van der Waals surface area contributed by atoms with E-state index in [0.717, 1.165) is 11.1 Å². The molecule has 0 aromatic heterocycles. The van der Waals surface area contributed by atoms with Gasteiger partial charge in [-0.15, -0.1) is 0 Å². The van der Waals surface area contributed by atoms with E-state index in [4.69, 9.17) is 26.1 Å². The molecule has 8 nitrogen and oxygen atoms in total. The normalized spacial score (nSPS) is 10.4. The Labute approximate surface area is 169 Å². The van der Waals surface area contributed by atoms with E-state index in [0.29, 0.717) is 23.6 Å². The first-order valence-corrected chi connectivity index (χ1v) is 9.02. The van der Waals surface area contributed by atoms with Crippen molar-refractivity contribution in [2.45, 2.75) is 20.5 Å². The average molecular weight is 395 g/mol. The molecule has 8 heteroatoms. The van der Waals surface area contributed by atoms with Gasteiger partial charge >= 0.3 is 6.03 Å². The Bertz CT molecular complexity index is 907. The molecule has 2 amide bonds. The van der Waals surface area contributed by atoms with Crippen LogP contribution >= 0.6 is 0 Å². The number of benzene rings is 2. The molecule has 0 unspecified atom stereocenters. The van der Waals surface area contributed by atoms with Crippen LogP contribution in [0, 0.1) is 17.7 Å². The fourth-order valence-corrected chi connectivity index (χ4v) is 2.51. The first kappa shape index (κ1) is 21.6. The summed E-state index contributed by atoms with van der Waals surface area (Å²) in [6, 6.07) is 12.1. The van der Waals surface area contributed by atoms with Crippen LogP contribution in [0.1, 0.15) is 23.6 Å². The zero-order valence-corrected chi connectivity index (χ0v) is 16.4. The Morgan fingerprint density at radius 2 is 1.86 bits per heavy atom. The predicted octanol–water partition coefficient (Wildman–Crippen LogP) is 3.51. The molecule has 2 rings (SSSR count). The molecule has 2 aromatic rings. The SMILES string of the molecule is CCOC(=N)/C=C\C(=N)c1ccc(OCc2c(C)cccc2NC(=O)NN)cc1. The molecule has 152 valence electrons. The monoisotopic (exact) mass is 395 g/mol. The van der Waals surface area contributed by atoms with E-state index in [1.807, 2.05) is 24.5 Å². The molecular formula is C21H25N5O3. The Balaban J connectivity index is 2.03. The number of carbonyl (C=O) groups is 1. The Hall–Kier alpha value is -3.65. The van der Waals surface area contributed by atoms with Crippen LogP contribution in [0.15, 0.2) is 54.6 Å². The fourth-order valence-electron chi connectivity index (χ4n) is 2.51. The molecule has 0 radical (unpaired) electrons. The van der Waals surface area contributed by atoms with Crippen LogP contribution in [0.5, 0.6) is 5.75 Å². The lowest BCUT2D eigenvalue weighted by Crippen LogP contribution is -2.34. The number of allylic oxidation sites excluding steroid dienone is 1. The van der Waals surface area contributed by atoms with Crippen molar-refractivity contribution in [2.24, 2.45) is 5.84 Å². The minimum Gasteiger partial charge on any atom is -0.489 e. The summed E-state index contributed by atoms with van der Waals surface area (Å²) in [7, 11) is 0. The largest absolute Gasteiger partial charge is 0.489 e. The van der Waals surface area contributed by atoms with E-state index in [2.05, 4.69) is 5.32 Å². The molecule has 0 fully saturated rings. The molecule has 0 saturated carbocycles. The van der Waals surface area contributed by atoms with Crippen LogP contribution < -0.4 is 21.3 Å². The molecule has 29 heavy (non-hydrogen) atoms. The van der Waals surface area contributed by atoms with Crippen LogP contribution in [0.25, 0.3) is 0 Å². The third kappa shape index (κ3) is 6.47. The third-order valence-electron chi connectivity index (χ3n) is 4.04. The number of aryl methyl sites for hydroxylation is 1. The van der Waals surface area contributed by atoms with Gasteiger partial charge in [0.1, 0.15) is 12.4 Å². The molecule has 2 aromatic carbocycles.